The molecule has 3 aromatic rings. The largest absolute Gasteiger partial charge is 0.278 e. The second kappa shape index (κ2) is 7.09. The molecule has 130 valence electrons. The van der Waals surface area contributed by atoms with Crippen LogP contribution in [0.2, 0.25) is 0 Å². The van der Waals surface area contributed by atoms with E-state index in [1.54, 1.807) is 11.3 Å². The maximum atomic E-state index is 4.72. The SMILES string of the molecule is CC1=NN(c2nc(-c3ccccc3)cs2)C/C1=N\Nc1ccc(C)cc1. The summed E-state index contributed by atoms with van der Waals surface area (Å²) in [5, 5.41) is 14.0. The van der Waals surface area contributed by atoms with Gasteiger partial charge >= 0.3 is 0 Å². The van der Waals surface area contributed by atoms with Crippen LogP contribution in [0.3, 0.4) is 0 Å². The normalized spacial score (nSPS) is 15.4. The maximum Gasteiger partial charge on any atom is 0.206 e. The Hall–Kier alpha value is -2.99. The summed E-state index contributed by atoms with van der Waals surface area (Å²) >= 11 is 1.59. The van der Waals surface area contributed by atoms with Gasteiger partial charge in [-0.05, 0) is 26.0 Å². The van der Waals surface area contributed by atoms with Crippen molar-refractivity contribution in [1.29, 1.82) is 0 Å². The summed E-state index contributed by atoms with van der Waals surface area (Å²) < 4.78 is 0. The number of hydrogen-bond donors (Lipinski definition) is 1. The fourth-order valence-corrected chi connectivity index (χ4v) is 3.43. The van der Waals surface area contributed by atoms with Crippen molar-refractivity contribution < 1.29 is 0 Å². The van der Waals surface area contributed by atoms with E-state index < -0.39 is 0 Å². The van der Waals surface area contributed by atoms with Crippen LogP contribution in [0.4, 0.5) is 10.8 Å². The zero-order chi connectivity index (χ0) is 17.9. The topological polar surface area (TPSA) is 52.9 Å². The monoisotopic (exact) mass is 361 g/mol. The molecule has 0 unspecified atom stereocenters. The highest BCUT2D eigenvalue weighted by Gasteiger charge is 2.22. The van der Waals surface area contributed by atoms with E-state index >= 15 is 0 Å². The smallest absolute Gasteiger partial charge is 0.206 e. The molecular formula is C20H19N5S. The lowest BCUT2D eigenvalue weighted by Crippen LogP contribution is -2.19. The van der Waals surface area contributed by atoms with Gasteiger partial charge in [-0.2, -0.15) is 10.2 Å². The van der Waals surface area contributed by atoms with E-state index in [2.05, 4.69) is 52.2 Å². The number of aryl methyl sites for hydroxylation is 1. The summed E-state index contributed by atoms with van der Waals surface area (Å²) in [6, 6.07) is 18.3. The van der Waals surface area contributed by atoms with Gasteiger partial charge < -0.3 is 0 Å². The van der Waals surface area contributed by atoms with Crippen LogP contribution in [-0.2, 0) is 0 Å². The molecule has 0 bridgehead atoms. The molecule has 1 aliphatic heterocycles. The molecule has 2 heterocycles. The second-order valence-corrected chi connectivity index (χ2v) is 7.00. The van der Waals surface area contributed by atoms with E-state index in [1.807, 2.05) is 42.3 Å². The van der Waals surface area contributed by atoms with Gasteiger partial charge in [0.25, 0.3) is 0 Å². The first-order valence-electron chi connectivity index (χ1n) is 8.42. The van der Waals surface area contributed by atoms with Gasteiger partial charge in [-0.3, -0.25) is 5.43 Å². The third kappa shape index (κ3) is 3.50. The van der Waals surface area contributed by atoms with Gasteiger partial charge in [0.15, 0.2) is 0 Å². The van der Waals surface area contributed by atoms with Crippen molar-refractivity contribution in [1.82, 2.24) is 4.98 Å². The van der Waals surface area contributed by atoms with Crippen molar-refractivity contribution in [2.75, 3.05) is 17.0 Å². The zero-order valence-corrected chi connectivity index (χ0v) is 15.5. The molecule has 0 saturated heterocycles. The molecule has 0 aliphatic carbocycles. The third-order valence-electron chi connectivity index (χ3n) is 4.14. The van der Waals surface area contributed by atoms with E-state index in [9.17, 15) is 0 Å². The summed E-state index contributed by atoms with van der Waals surface area (Å²) in [5.41, 5.74) is 9.22. The molecule has 2 aromatic carbocycles. The number of benzene rings is 2. The van der Waals surface area contributed by atoms with Crippen LogP contribution in [0.25, 0.3) is 11.3 Å². The summed E-state index contributed by atoms with van der Waals surface area (Å²) in [6.07, 6.45) is 0. The molecule has 5 nitrogen and oxygen atoms in total. The lowest BCUT2D eigenvalue weighted by atomic mass is 10.2. The molecule has 1 aromatic heterocycles. The van der Waals surface area contributed by atoms with Gasteiger partial charge in [0.05, 0.1) is 23.6 Å². The molecule has 0 amide bonds. The molecule has 26 heavy (non-hydrogen) atoms. The molecular weight excluding hydrogens is 342 g/mol. The van der Waals surface area contributed by atoms with E-state index in [4.69, 9.17) is 4.98 Å². The van der Waals surface area contributed by atoms with Gasteiger partial charge in [0, 0.05) is 10.9 Å². The van der Waals surface area contributed by atoms with Crippen molar-refractivity contribution >= 4 is 33.6 Å². The lowest BCUT2D eigenvalue weighted by molar-refractivity contribution is 0.981. The van der Waals surface area contributed by atoms with Crippen molar-refractivity contribution in [3.63, 3.8) is 0 Å². The molecule has 0 radical (unpaired) electrons. The summed E-state index contributed by atoms with van der Waals surface area (Å²) in [4.78, 5) is 4.72. The molecule has 0 atom stereocenters. The van der Waals surface area contributed by atoms with Crippen LogP contribution < -0.4 is 10.4 Å². The molecule has 0 spiro atoms. The Morgan fingerprint density at radius 3 is 2.58 bits per heavy atom. The predicted octanol–water partition coefficient (Wildman–Crippen LogP) is 4.78. The number of aromatic nitrogens is 1. The average Bonchev–Trinajstić information content (AvgIpc) is 3.29. The van der Waals surface area contributed by atoms with Crippen molar-refractivity contribution in [3.8, 4) is 11.3 Å². The Labute approximate surface area is 156 Å². The number of nitrogens with one attached hydrogen (secondary N) is 1. The molecule has 1 N–H and O–H groups in total. The number of anilines is 2. The van der Waals surface area contributed by atoms with Crippen LogP contribution in [0, 0.1) is 6.92 Å². The highest BCUT2D eigenvalue weighted by molar-refractivity contribution is 7.14. The molecule has 0 fully saturated rings. The Bertz CT molecular complexity index is 957. The van der Waals surface area contributed by atoms with E-state index in [-0.39, 0.29) is 0 Å². The number of thiazole rings is 1. The lowest BCUT2D eigenvalue weighted by Gasteiger charge is -2.08. The van der Waals surface area contributed by atoms with Crippen LogP contribution >= 0.6 is 11.3 Å². The van der Waals surface area contributed by atoms with Crippen molar-refractivity contribution in [3.05, 3.63) is 65.5 Å². The quantitative estimate of drug-likeness (QED) is 0.680. The first-order chi connectivity index (χ1) is 12.7. The van der Waals surface area contributed by atoms with Crippen LogP contribution in [0.1, 0.15) is 12.5 Å². The minimum absolute atomic E-state index is 0.617. The van der Waals surface area contributed by atoms with Gasteiger partial charge in [-0.1, -0.05) is 48.0 Å². The predicted molar refractivity (Wildman–Crippen MR) is 110 cm³/mol. The Morgan fingerprint density at radius 1 is 1.04 bits per heavy atom. The van der Waals surface area contributed by atoms with E-state index in [1.165, 1.54) is 5.56 Å². The maximum absolute atomic E-state index is 4.72. The Balaban J connectivity index is 1.48. The molecule has 1 aliphatic rings. The van der Waals surface area contributed by atoms with Gasteiger partial charge in [-0.15, -0.1) is 11.3 Å². The Morgan fingerprint density at radius 2 is 1.81 bits per heavy atom. The number of hydrogen-bond acceptors (Lipinski definition) is 6. The fourth-order valence-electron chi connectivity index (χ4n) is 2.64. The van der Waals surface area contributed by atoms with Gasteiger partial charge in [-0.25, -0.2) is 9.99 Å². The highest BCUT2D eigenvalue weighted by atomic mass is 32.1. The molecule has 0 saturated carbocycles. The zero-order valence-electron chi connectivity index (χ0n) is 14.7. The molecule has 4 rings (SSSR count). The van der Waals surface area contributed by atoms with Crippen LogP contribution in [0.15, 0.2) is 70.2 Å². The standard InChI is InChI=1S/C20H19N5S/c1-14-8-10-17(11-9-14)22-23-18-12-25(24-15(18)2)20-21-19(13-26-20)16-6-4-3-5-7-16/h3-11,13,22H,12H2,1-2H3/b23-18+. The first kappa shape index (κ1) is 16.5. The summed E-state index contributed by atoms with van der Waals surface area (Å²) in [5.74, 6) is 0. The highest BCUT2D eigenvalue weighted by Crippen LogP contribution is 2.28. The van der Waals surface area contributed by atoms with Crippen LogP contribution in [0.5, 0.6) is 0 Å². The van der Waals surface area contributed by atoms with E-state index in [0.29, 0.717) is 6.54 Å². The minimum atomic E-state index is 0.617. The summed E-state index contributed by atoms with van der Waals surface area (Å²) in [7, 11) is 0. The molecule has 6 heteroatoms. The fraction of sp³-hybridized carbons (Fsp3) is 0.150. The average molecular weight is 361 g/mol. The van der Waals surface area contributed by atoms with Crippen molar-refractivity contribution in [2.45, 2.75) is 13.8 Å². The van der Waals surface area contributed by atoms with E-state index in [0.717, 1.165) is 33.5 Å². The first-order valence-corrected chi connectivity index (χ1v) is 9.30. The second-order valence-electron chi connectivity index (χ2n) is 6.16. The number of rotatable bonds is 4. The summed E-state index contributed by atoms with van der Waals surface area (Å²) in [6.45, 7) is 4.66. The van der Waals surface area contributed by atoms with Crippen LogP contribution in [-0.4, -0.2) is 23.0 Å². The number of nitrogens with zero attached hydrogens (tertiary/aromatic N) is 4. The Kier molecular flexibility index (Phi) is 4.50. The van der Waals surface area contributed by atoms with Gasteiger partial charge in [0.1, 0.15) is 5.71 Å². The minimum Gasteiger partial charge on any atom is -0.278 e. The van der Waals surface area contributed by atoms with Gasteiger partial charge in [0.2, 0.25) is 5.13 Å². The van der Waals surface area contributed by atoms with Crippen molar-refractivity contribution in [2.24, 2.45) is 10.2 Å². The number of hydrazone groups is 2. The third-order valence-corrected chi connectivity index (χ3v) is 5.00.